The summed E-state index contributed by atoms with van der Waals surface area (Å²) >= 11 is 0. The molecule has 1 N–H and O–H groups in total. The maximum absolute atomic E-state index is 5.25. The smallest absolute Gasteiger partial charge is 0.129 e. The van der Waals surface area contributed by atoms with Gasteiger partial charge in [0.2, 0.25) is 0 Å². The highest BCUT2D eigenvalue weighted by molar-refractivity contribution is 5.42. The molecule has 1 aromatic heterocycles. The van der Waals surface area contributed by atoms with E-state index in [-0.39, 0.29) is 0 Å². The van der Waals surface area contributed by atoms with Crippen molar-refractivity contribution < 1.29 is 4.74 Å². The van der Waals surface area contributed by atoms with Gasteiger partial charge in [0.05, 0.1) is 12.6 Å². The van der Waals surface area contributed by atoms with Crippen molar-refractivity contribution >= 4 is 5.82 Å². The lowest BCUT2D eigenvalue weighted by Gasteiger charge is -2.29. The van der Waals surface area contributed by atoms with Crippen molar-refractivity contribution in [3.63, 3.8) is 0 Å². The second kappa shape index (κ2) is 7.04. The molecule has 1 aliphatic rings. The van der Waals surface area contributed by atoms with Crippen LogP contribution >= 0.6 is 0 Å². The number of likely N-dealkylation sites (N-methyl/N-ethyl adjacent to an activating group) is 1. The van der Waals surface area contributed by atoms with E-state index in [1.807, 2.05) is 0 Å². The zero-order valence-corrected chi connectivity index (χ0v) is 13.1. The van der Waals surface area contributed by atoms with Crippen LogP contribution in [0.3, 0.4) is 0 Å². The third-order valence-corrected chi connectivity index (χ3v) is 3.91. The summed E-state index contributed by atoms with van der Waals surface area (Å²) in [4.78, 5) is 7.06. The lowest BCUT2D eigenvalue weighted by molar-refractivity contribution is 0.181. The average molecular weight is 277 g/mol. The van der Waals surface area contributed by atoms with Crippen molar-refractivity contribution in [2.75, 3.05) is 25.2 Å². The van der Waals surface area contributed by atoms with Gasteiger partial charge in [0.1, 0.15) is 5.82 Å². The number of ether oxygens (including phenoxy) is 1. The van der Waals surface area contributed by atoms with Gasteiger partial charge >= 0.3 is 0 Å². The van der Waals surface area contributed by atoms with Gasteiger partial charge in [0.15, 0.2) is 0 Å². The van der Waals surface area contributed by atoms with E-state index in [2.05, 4.69) is 43.1 Å². The van der Waals surface area contributed by atoms with Crippen LogP contribution < -0.4 is 10.2 Å². The molecule has 0 spiro atoms. The van der Waals surface area contributed by atoms with Crippen molar-refractivity contribution in [2.45, 2.75) is 52.2 Å². The molecule has 2 rings (SSSR count). The highest BCUT2D eigenvalue weighted by Crippen LogP contribution is 2.21. The maximum atomic E-state index is 5.25. The van der Waals surface area contributed by atoms with Crippen molar-refractivity contribution in [1.82, 2.24) is 10.3 Å². The van der Waals surface area contributed by atoms with E-state index in [1.54, 1.807) is 7.11 Å². The van der Waals surface area contributed by atoms with Crippen molar-refractivity contribution in [3.8, 4) is 0 Å². The minimum absolute atomic E-state index is 0.340. The Kier molecular flexibility index (Phi) is 5.38. The average Bonchev–Trinajstić information content (AvgIpc) is 3.23. The Balaban J connectivity index is 2.05. The minimum Gasteiger partial charge on any atom is -0.383 e. The first-order valence-electron chi connectivity index (χ1n) is 7.61. The van der Waals surface area contributed by atoms with Crippen LogP contribution in [-0.2, 0) is 11.3 Å². The molecule has 1 fully saturated rings. The van der Waals surface area contributed by atoms with Gasteiger partial charge in [-0.25, -0.2) is 4.98 Å². The fourth-order valence-electron chi connectivity index (χ4n) is 2.50. The monoisotopic (exact) mass is 277 g/mol. The van der Waals surface area contributed by atoms with E-state index >= 15 is 0 Å². The van der Waals surface area contributed by atoms with Gasteiger partial charge in [0.25, 0.3) is 0 Å². The molecule has 20 heavy (non-hydrogen) atoms. The maximum Gasteiger partial charge on any atom is 0.129 e. The summed E-state index contributed by atoms with van der Waals surface area (Å²) in [5.41, 5.74) is 2.43. The Morgan fingerprint density at radius 2 is 2.20 bits per heavy atom. The van der Waals surface area contributed by atoms with E-state index in [4.69, 9.17) is 9.72 Å². The molecule has 0 bridgehead atoms. The number of nitrogens with zero attached hydrogens (tertiary/aromatic N) is 2. The Morgan fingerprint density at radius 1 is 1.45 bits per heavy atom. The number of anilines is 1. The molecule has 1 aliphatic carbocycles. The van der Waals surface area contributed by atoms with Gasteiger partial charge in [-0.2, -0.15) is 0 Å². The second-order valence-corrected chi connectivity index (χ2v) is 5.66. The van der Waals surface area contributed by atoms with Crippen molar-refractivity contribution in [2.24, 2.45) is 0 Å². The predicted octanol–water partition coefficient (Wildman–Crippen LogP) is 2.50. The third kappa shape index (κ3) is 3.93. The van der Waals surface area contributed by atoms with E-state index in [0.29, 0.717) is 6.04 Å². The number of nitrogens with one attached hydrogen (secondary N) is 1. The Bertz CT molecular complexity index is 432. The molecule has 1 unspecified atom stereocenters. The zero-order chi connectivity index (χ0) is 14.5. The Hall–Kier alpha value is -1.13. The fourth-order valence-corrected chi connectivity index (χ4v) is 2.50. The summed E-state index contributed by atoms with van der Waals surface area (Å²) in [6.45, 7) is 9.03. The quantitative estimate of drug-likeness (QED) is 0.792. The molecule has 1 heterocycles. The molecule has 1 atom stereocenters. The SMILES string of the molecule is CCN(c1ccc(CNC2CC2)c(C)n1)C(C)COC. The fraction of sp³-hybridized carbons (Fsp3) is 0.688. The van der Waals surface area contributed by atoms with Crippen molar-refractivity contribution in [1.29, 1.82) is 0 Å². The summed E-state index contributed by atoms with van der Waals surface area (Å²) in [6.07, 6.45) is 2.64. The van der Waals surface area contributed by atoms with Crippen LogP contribution in [0.4, 0.5) is 5.82 Å². The molecule has 0 saturated heterocycles. The number of rotatable bonds is 8. The number of aryl methyl sites for hydroxylation is 1. The van der Waals surface area contributed by atoms with E-state index < -0.39 is 0 Å². The van der Waals surface area contributed by atoms with Crippen LogP contribution in [0.5, 0.6) is 0 Å². The number of hydrogen-bond donors (Lipinski definition) is 1. The number of methoxy groups -OCH3 is 1. The summed E-state index contributed by atoms with van der Waals surface area (Å²) < 4.78 is 5.25. The standard InChI is InChI=1S/C16H27N3O/c1-5-19(12(2)11-20-4)16-9-6-14(13(3)18-16)10-17-15-7-8-15/h6,9,12,15,17H,5,7-8,10-11H2,1-4H3. The summed E-state index contributed by atoms with van der Waals surface area (Å²) in [5.74, 6) is 1.05. The first kappa shape index (κ1) is 15.3. The van der Waals surface area contributed by atoms with Crippen LogP contribution in [0.25, 0.3) is 0 Å². The zero-order valence-electron chi connectivity index (χ0n) is 13.1. The number of aromatic nitrogens is 1. The van der Waals surface area contributed by atoms with E-state index in [9.17, 15) is 0 Å². The highest BCUT2D eigenvalue weighted by Gasteiger charge is 2.20. The lowest BCUT2D eigenvalue weighted by atomic mass is 10.2. The van der Waals surface area contributed by atoms with Crippen LogP contribution in [-0.4, -0.2) is 37.3 Å². The second-order valence-electron chi connectivity index (χ2n) is 5.66. The normalized spacial score (nSPS) is 16.2. The number of hydrogen-bond acceptors (Lipinski definition) is 4. The topological polar surface area (TPSA) is 37.4 Å². The van der Waals surface area contributed by atoms with Crippen LogP contribution in [0, 0.1) is 6.92 Å². The molecule has 0 aliphatic heterocycles. The summed E-state index contributed by atoms with van der Waals surface area (Å²) in [7, 11) is 1.75. The molecule has 0 aromatic carbocycles. The van der Waals surface area contributed by atoms with Gasteiger partial charge in [-0.1, -0.05) is 6.07 Å². The van der Waals surface area contributed by atoms with Crippen molar-refractivity contribution in [3.05, 3.63) is 23.4 Å². The first-order chi connectivity index (χ1) is 9.65. The molecule has 0 radical (unpaired) electrons. The van der Waals surface area contributed by atoms with Gasteiger partial charge in [0, 0.05) is 31.9 Å². The summed E-state index contributed by atoms with van der Waals surface area (Å²) in [6, 6.07) is 5.41. The van der Waals surface area contributed by atoms with Crippen LogP contribution in [0.15, 0.2) is 12.1 Å². The lowest BCUT2D eigenvalue weighted by Crippen LogP contribution is -2.36. The number of pyridine rings is 1. The highest BCUT2D eigenvalue weighted by atomic mass is 16.5. The Morgan fingerprint density at radius 3 is 2.75 bits per heavy atom. The van der Waals surface area contributed by atoms with Gasteiger partial charge in [-0.15, -0.1) is 0 Å². The van der Waals surface area contributed by atoms with Gasteiger partial charge in [-0.3, -0.25) is 0 Å². The van der Waals surface area contributed by atoms with Gasteiger partial charge < -0.3 is 15.0 Å². The first-order valence-corrected chi connectivity index (χ1v) is 7.61. The molecule has 4 heteroatoms. The molecular formula is C16H27N3O. The predicted molar refractivity (Wildman–Crippen MR) is 83.2 cm³/mol. The largest absolute Gasteiger partial charge is 0.383 e. The van der Waals surface area contributed by atoms with Crippen LogP contribution in [0.1, 0.15) is 37.9 Å². The van der Waals surface area contributed by atoms with E-state index in [0.717, 1.165) is 37.3 Å². The molecular weight excluding hydrogens is 250 g/mol. The molecule has 0 amide bonds. The molecule has 1 aromatic rings. The third-order valence-electron chi connectivity index (χ3n) is 3.91. The molecule has 4 nitrogen and oxygen atoms in total. The van der Waals surface area contributed by atoms with Crippen LogP contribution in [0.2, 0.25) is 0 Å². The minimum atomic E-state index is 0.340. The Labute approximate surface area is 122 Å². The molecule has 1 saturated carbocycles. The van der Waals surface area contributed by atoms with E-state index in [1.165, 1.54) is 18.4 Å². The summed E-state index contributed by atoms with van der Waals surface area (Å²) in [5, 5.41) is 3.55. The van der Waals surface area contributed by atoms with Gasteiger partial charge in [-0.05, 0) is 45.2 Å². The molecule has 112 valence electrons.